The van der Waals surface area contributed by atoms with Crippen LogP contribution in [0.2, 0.25) is 0 Å². The first-order valence-corrected chi connectivity index (χ1v) is 7.29. The Labute approximate surface area is 126 Å². The Balaban J connectivity index is 1.70. The summed E-state index contributed by atoms with van der Waals surface area (Å²) in [5, 5.41) is 10.9. The molecule has 3 rings (SSSR count). The van der Waals surface area contributed by atoms with E-state index in [1.54, 1.807) is 0 Å². The molecule has 0 saturated carbocycles. The normalized spacial score (nSPS) is 14.3. The molecule has 1 aliphatic rings. The van der Waals surface area contributed by atoms with Crippen LogP contribution in [0, 0.1) is 11.6 Å². The number of aryl methyl sites for hydroxylation is 1. The topological polar surface area (TPSA) is 59.8 Å². The minimum Gasteiger partial charge on any atom is -0.345 e. The molecule has 22 heavy (non-hydrogen) atoms. The molecule has 0 radical (unpaired) electrons. The van der Waals surface area contributed by atoms with Crippen molar-refractivity contribution in [3.05, 3.63) is 47.0 Å². The number of hydrogen-bond donors (Lipinski definition) is 1. The second-order valence-electron chi connectivity index (χ2n) is 5.34. The van der Waals surface area contributed by atoms with Gasteiger partial charge >= 0.3 is 0 Å². The molecule has 2 heterocycles. The Bertz CT molecular complexity index is 679. The number of benzene rings is 1. The highest BCUT2D eigenvalue weighted by Gasteiger charge is 2.16. The number of nitrogens with one attached hydrogen (secondary N) is 1. The number of hydrogen-bond acceptors (Lipinski definition) is 3. The summed E-state index contributed by atoms with van der Waals surface area (Å²) in [6.45, 7) is 1.02. The number of carbonyl (C=O) groups is 1. The number of aromatic nitrogens is 3. The Morgan fingerprint density at radius 2 is 1.91 bits per heavy atom. The van der Waals surface area contributed by atoms with Crippen molar-refractivity contribution in [1.29, 1.82) is 0 Å². The number of nitrogens with zero attached hydrogens (tertiary/aromatic N) is 3. The number of amides is 1. The second kappa shape index (κ2) is 6.21. The van der Waals surface area contributed by atoms with Crippen molar-refractivity contribution in [2.45, 2.75) is 38.8 Å². The van der Waals surface area contributed by atoms with Gasteiger partial charge in [0.25, 0.3) is 5.91 Å². The molecule has 0 atom stereocenters. The van der Waals surface area contributed by atoms with Gasteiger partial charge in [-0.2, -0.15) is 0 Å². The monoisotopic (exact) mass is 306 g/mol. The molecule has 0 aliphatic carbocycles. The van der Waals surface area contributed by atoms with Gasteiger partial charge in [-0.25, -0.2) is 8.78 Å². The zero-order chi connectivity index (χ0) is 15.5. The van der Waals surface area contributed by atoms with Crippen LogP contribution in [0.3, 0.4) is 0 Å². The molecule has 1 aromatic carbocycles. The van der Waals surface area contributed by atoms with E-state index in [9.17, 15) is 13.6 Å². The molecular weight excluding hydrogens is 290 g/mol. The zero-order valence-electron chi connectivity index (χ0n) is 12.0. The molecule has 7 heteroatoms. The van der Waals surface area contributed by atoms with Gasteiger partial charge in [-0.1, -0.05) is 6.42 Å². The fourth-order valence-electron chi connectivity index (χ4n) is 2.62. The maximum absolute atomic E-state index is 13.1. The first-order valence-electron chi connectivity index (χ1n) is 7.29. The predicted octanol–water partition coefficient (Wildman–Crippen LogP) is 2.21. The lowest BCUT2D eigenvalue weighted by Crippen LogP contribution is -2.25. The lowest BCUT2D eigenvalue weighted by Gasteiger charge is -2.08. The molecule has 2 aromatic rings. The molecule has 0 spiro atoms. The summed E-state index contributed by atoms with van der Waals surface area (Å²) in [5.41, 5.74) is -0.0481. The highest BCUT2D eigenvalue weighted by molar-refractivity contribution is 5.94. The largest absolute Gasteiger partial charge is 0.345 e. The third-order valence-corrected chi connectivity index (χ3v) is 3.72. The lowest BCUT2D eigenvalue weighted by atomic mass is 10.2. The highest BCUT2D eigenvalue weighted by Crippen LogP contribution is 2.14. The molecule has 0 bridgehead atoms. The smallest absolute Gasteiger partial charge is 0.251 e. The highest BCUT2D eigenvalue weighted by atomic mass is 19.1. The van der Waals surface area contributed by atoms with Crippen LogP contribution in [-0.4, -0.2) is 20.7 Å². The minimum absolute atomic E-state index is 0.0481. The van der Waals surface area contributed by atoms with E-state index in [0.29, 0.717) is 5.82 Å². The van der Waals surface area contributed by atoms with Crippen LogP contribution in [-0.2, 0) is 19.5 Å². The van der Waals surface area contributed by atoms with Crippen LogP contribution in [0.1, 0.15) is 41.3 Å². The van der Waals surface area contributed by atoms with E-state index in [2.05, 4.69) is 15.5 Å². The molecule has 0 fully saturated rings. The van der Waals surface area contributed by atoms with E-state index in [4.69, 9.17) is 0 Å². The van der Waals surface area contributed by atoms with E-state index in [1.165, 1.54) is 0 Å². The van der Waals surface area contributed by atoms with Gasteiger partial charge in [0.15, 0.2) is 5.82 Å². The third-order valence-electron chi connectivity index (χ3n) is 3.72. The van der Waals surface area contributed by atoms with Crippen LogP contribution in [0.15, 0.2) is 18.2 Å². The third kappa shape index (κ3) is 3.13. The summed E-state index contributed by atoms with van der Waals surface area (Å²) in [7, 11) is 0. The average molecular weight is 306 g/mol. The fraction of sp³-hybridized carbons (Fsp3) is 0.400. The molecule has 1 amide bonds. The van der Waals surface area contributed by atoms with Crippen LogP contribution < -0.4 is 5.32 Å². The maximum Gasteiger partial charge on any atom is 0.251 e. The molecule has 1 aliphatic heterocycles. The van der Waals surface area contributed by atoms with Crippen molar-refractivity contribution in [3.63, 3.8) is 0 Å². The first-order chi connectivity index (χ1) is 10.6. The maximum atomic E-state index is 13.1. The van der Waals surface area contributed by atoms with Crippen LogP contribution in [0.4, 0.5) is 8.78 Å². The van der Waals surface area contributed by atoms with Gasteiger partial charge in [-0.3, -0.25) is 4.79 Å². The molecule has 1 N–H and O–H groups in total. The van der Waals surface area contributed by atoms with Crippen LogP contribution in [0.5, 0.6) is 0 Å². The van der Waals surface area contributed by atoms with E-state index >= 15 is 0 Å². The van der Waals surface area contributed by atoms with E-state index in [-0.39, 0.29) is 12.1 Å². The summed E-state index contributed by atoms with van der Waals surface area (Å²) in [4.78, 5) is 12.0. The average Bonchev–Trinajstić information content (AvgIpc) is 2.71. The van der Waals surface area contributed by atoms with Gasteiger partial charge in [0.05, 0.1) is 6.54 Å². The van der Waals surface area contributed by atoms with Gasteiger partial charge in [0.2, 0.25) is 0 Å². The van der Waals surface area contributed by atoms with Gasteiger partial charge in [-0.05, 0) is 25.0 Å². The van der Waals surface area contributed by atoms with Gasteiger partial charge in [-0.15, -0.1) is 10.2 Å². The Morgan fingerprint density at radius 3 is 2.68 bits per heavy atom. The van der Waals surface area contributed by atoms with Gasteiger partial charge < -0.3 is 9.88 Å². The summed E-state index contributed by atoms with van der Waals surface area (Å²) < 4.78 is 28.3. The summed E-state index contributed by atoms with van der Waals surface area (Å²) >= 11 is 0. The van der Waals surface area contributed by atoms with Crippen molar-refractivity contribution in [1.82, 2.24) is 20.1 Å². The van der Waals surface area contributed by atoms with Crippen LogP contribution >= 0.6 is 0 Å². The summed E-state index contributed by atoms with van der Waals surface area (Å²) in [6.07, 6.45) is 4.18. The standard InChI is InChI=1S/C15H16F2N4O/c16-11-6-10(7-12(17)8-11)15(22)18-9-14-20-19-13-4-2-1-3-5-21(13)14/h6-8H,1-5,9H2,(H,18,22). The Hall–Kier alpha value is -2.31. The lowest BCUT2D eigenvalue weighted by molar-refractivity contribution is 0.0948. The van der Waals surface area contributed by atoms with Gasteiger partial charge in [0, 0.05) is 24.6 Å². The molecule has 0 unspecified atom stereocenters. The molecule has 116 valence electrons. The van der Waals surface area contributed by atoms with Gasteiger partial charge in [0.1, 0.15) is 17.5 Å². The fourth-order valence-corrected chi connectivity index (χ4v) is 2.62. The Morgan fingerprint density at radius 1 is 1.14 bits per heavy atom. The molecule has 1 aromatic heterocycles. The SMILES string of the molecule is O=C(NCc1nnc2n1CCCCC2)c1cc(F)cc(F)c1. The molecule has 0 saturated heterocycles. The van der Waals surface area contributed by atoms with E-state index in [1.807, 2.05) is 4.57 Å². The Kier molecular flexibility index (Phi) is 4.13. The molecule has 5 nitrogen and oxygen atoms in total. The number of fused-ring (bicyclic) bond motifs is 1. The summed E-state index contributed by atoms with van der Waals surface area (Å²) in [6, 6.07) is 2.74. The summed E-state index contributed by atoms with van der Waals surface area (Å²) in [5.74, 6) is -0.493. The number of halogens is 2. The predicted molar refractivity (Wildman–Crippen MR) is 75.1 cm³/mol. The minimum atomic E-state index is -0.776. The number of rotatable bonds is 3. The zero-order valence-corrected chi connectivity index (χ0v) is 12.0. The first kappa shape index (κ1) is 14.6. The molecular formula is C15H16F2N4O. The van der Waals surface area contributed by atoms with Crippen molar-refractivity contribution in [3.8, 4) is 0 Å². The van der Waals surface area contributed by atoms with Crippen molar-refractivity contribution < 1.29 is 13.6 Å². The van der Waals surface area contributed by atoms with Crippen molar-refractivity contribution >= 4 is 5.91 Å². The van der Waals surface area contributed by atoms with E-state index in [0.717, 1.165) is 56.3 Å². The van der Waals surface area contributed by atoms with Crippen molar-refractivity contribution in [2.75, 3.05) is 0 Å². The van der Waals surface area contributed by atoms with Crippen molar-refractivity contribution in [2.24, 2.45) is 0 Å². The second-order valence-corrected chi connectivity index (χ2v) is 5.34. The number of carbonyl (C=O) groups excluding carboxylic acids is 1. The van der Waals surface area contributed by atoms with Crippen LogP contribution in [0.25, 0.3) is 0 Å². The van der Waals surface area contributed by atoms with E-state index < -0.39 is 17.5 Å². The quantitative estimate of drug-likeness (QED) is 0.946.